The van der Waals surface area contributed by atoms with Crippen LogP contribution in [-0.2, 0) is 12.3 Å². The predicted octanol–water partition coefficient (Wildman–Crippen LogP) is 10.7. The Kier molecular flexibility index (Phi) is 6.13. The van der Waals surface area contributed by atoms with Gasteiger partial charge in [-0.3, -0.25) is 0 Å². The van der Waals surface area contributed by atoms with E-state index in [1.54, 1.807) is 109 Å². The van der Waals surface area contributed by atoms with Crippen molar-refractivity contribution in [3.05, 3.63) is 35.4 Å². The Morgan fingerprint density at radius 2 is 1.05 bits per heavy atom. The molecule has 9 aliphatic carbocycles. The first-order valence-corrected chi connectivity index (χ1v) is 22.5. The molecule has 12 bridgehead atoms. The molecule has 13 rings (SSSR count). The van der Waals surface area contributed by atoms with E-state index in [9.17, 15) is 0 Å². The summed E-state index contributed by atoms with van der Waals surface area (Å²) in [5, 5.41) is 2.70. The quantitative estimate of drug-likeness (QED) is 0.277. The minimum atomic E-state index is 0.0708. The zero-order valence-corrected chi connectivity index (χ0v) is 27.7. The molecule has 9 saturated carbocycles. The molecule has 3 aliphatic heterocycles. The Bertz CT molecular complexity index is 1010. The van der Waals surface area contributed by atoms with Gasteiger partial charge in [0.2, 0.25) is 0 Å². The maximum Gasteiger partial charge on any atom is -0.000187 e. The zero-order chi connectivity index (χ0) is 26.1. The van der Waals surface area contributed by atoms with Crippen molar-refractivity contribution in [2.75, 3.05) is 12.3 Å². The van der Waals surface area contributed by atoms with E-state index in [0.717, 1.165) is 69.0 Å². The van der Waals surface area contributed by atoms with Gasteiger partial charge in [-0.2, -0.15) is 0 Å². The highest BCUT2D eigenvalue weighted by Crippen LogP contribution is 2.80. The molecule has 0 spiro atoms. The van der Waals surface area contributed by atoms with E-state index in [2.05, 4.69) is 24.3 Å². The molecule has 0 N–H and O–H groups in total. The van der Waals surface area contributed by atoms with E-state index < -0.39 is 0 Å². The van der Waals surface area contributed by atoms with E-state index >= 15 is 0 Å². The number of benzene rings is 1. The van der Waals surface area contributed by atoms with Gasteiger partial charge in [-0.15, -0.1) is 8.58 Å². The summed E-state index contributed by atoms with van der Waals surface area (Å²) < 4.78 is 0. The molecule has 3 heterocycles. The van der Waals surface area contributed by atoms with Gasteiger partial charge in [0.15, 0.2) is 0 Å². The fourth-order valence-electron chi connectivity index (χ4n) is 14.6. The van der Waals surface area contributed by atoms with E-state index in [0.29, 0.717) is 7.92 Å². The first-order chi connectivity index (χ1) is 19.6. The van der Waals surface area contributed by atoms with Gasteiger partial charge in [0, 0.05) is 0 Å². The average Bonchev–Trinajstić information content (AvgIpc) is 2.90. The molecule has 216 valence electrons. The number of hydrogen-bond donors (Lipinski definition) is 0. The summed E-state index contributed by atoms with van der Waals surface area (Å²) in [4.78, 5) is 0. The summed E-state index contributed by atoms with van der Waals surface area (Å²) >= 11 is 0. The van der Waals surface area contributed by atoms with Crippen molar-refractivity contribution in [2.45, 2.75) is 124 Å². The lowest BCUT2D eigenvalue weighted by molar-refractivity contribution is 0.0184. The fourth-order valence-corrected chi connectivity index (χ4v) is 26.5. The lowest BCUT2D eigenvalue weighted by Crippen LogP contribution is -2.56. The van der Waals surface area contributed by atoms with E-state index in [1.807, 2.05) is 11.1 Å². The molecule has 0 nitrogen and oxygen atoms in total. The first-order valence-electron chi connectivity index (χ1n) is 17.9. The van der Waals surface area contributed by atoms with E-state index in [1.165, 1.54) is 20.9 Å². The van der Waals surface area contributed by atoms with Crippen LogP contribution in [0, 0.1) is 53.3 Å². The van der Waals surface area contributed by atoms with Crippen LogP contribution in [0.4, 0.5) is 0 Å². The lowest BCUT2D eigenvalue weighted by Gasteiger charge is -2.67. The maximum absolute atomic E-state index is 2.67. The first kappa shape index (κ1) is 25.8. The van der Waals surface area contributed by atoms with Crippen LogP contribution < -0.4 is 0 Å². The van der Waals surface area contributed by atoms with Gasteiger partial charge in [0.1, 0.15) is 0 Å². The van der Waals surface area contributed by atoms with E-state index in [4.69, 9.17) is 0 Å². The van der Waals surface area contributed by atoms with Gasteiger partial charge >= 0.3 is 0 Å². The van der Waals surface area contributed by atoms with Gasteiger partial charge in [-0.1, -0.05) is 40.1 Å². The van der Waals surface area contributed by atoms with Crippen LogP contribution in [0.2, 0.25) is 0 Å². The van der Waals surface area contributed by atoms with Crippen LogP contribution >= 0.6 is 24.4 Å². The van der Waals surface area contributed by atoms with Crippen molar-refractivity contribution in [2.24, 2.45) is 53.3 Å². The highest BCUT2D eigenvalue weighted by Gasteiger charge is 2.62. The third-order valence-electron chi connectivity index (χ3n) is 14.9. The van der Waals surface area contributed by atoms with Crippen LogP contribution in [0.3, 0.4) is 0 Å². The van der Waals surface area contributed by atoms with Gasteiger partial charge in [0.25, 0.3) is 0 Å². The Morgan fingerprint density at radius 1 is 0.600 bits per heavy atom. The van der Waals surface area contributed by atoms with Gasteiger partial charge < -0.3 is 0 Å². The van der Waals surface area contributed by atoms with Crippen molar-refractivity contribution in [3.8, 4) is 0 Å². The van der Waals surface area contributed by atoms with Crippen LogP contribution in [0.1, 0.15) is 107 Å². The summed E-state index contributed by atoms with van der Waals surface area (Å²) in [6, 6.07) is 10.2. The van der Waals surface area contributed by atoms with Crippen molar-refractivity contribution in [3.63, 3.8) is 0 Å². The lowest BCUT2D eigenvalue weighted by atomic mass is 9.55. The van der Waals surface area contributed by atoms with Gasteiger partial charge in [-0.25, -0.2) is 0 Å². The SMILES string of the molecule is c1ccc(CP(C23CC4CC(CC(C4)C2)C3)C23CC4CC(CC(C4)C2)C3)c(CPC2C3CC4CC(C3)CP2C4)c1. The van der Waals surface area contributed by atoms with Crippen molar-refractivity contribution >= 4 is 24.4 Å². The molecule has 0 amide bonds. The molecule has 3 saturated heterocycles. The highest BCUT2D eigenvalue weighted by atomic mass is 31.2. The van der Waals surface area contributed by atoms with Crippen LogP contribution in [0.15, 0.2) is 24.3 Å². The normalized spacial score (nSPS) is 53.8. The molecule has 1 aromatic carbocycles. The molecule has 1 aromatic rings. The topological polar surface area (TPSA) is 0 Å². The third-order valence-corrected chi connectivity index (χ3v) is 25.2. The Hall–Kier alpha value is 0.510. The summed E-state index contributed by atoms with van der Waals surface area (Å²) in [6.07, 6.45) is 30.8. The highest BCUT2D eigenvalue weighted by molar-refractivity contribution is 7.69. The molecule has 4 atom stereocenters. The molecule has 0 radical (unpaired) electrons. The molecular formula is C37H53P3. The summed E-state index contributed by atoms with van der Waals surface area (Å²) in [5.41, 5.74) is 3.69. The van der Waals surface area contributed by atoms with Crippen LogP contribution in [0.5, 0.6) is 0 Å². The van der Waals surface area contributed by atoms with Crippen LogP contribution in [-0.4, -0.2) is 28.0 Å². The molecule has 0 aromatic heterocycles. The van der Waals surface area contributed by atoms with Gasteiger partial charge in [0.05, 0.1) is 0 Å². The monoisotopic (exact) mass is 590 g/mol. The minimum Gasteiger partial charge on any atom is -0.110 e. The summed E-state index contributed by atoms with van der Waals surface area (Å²) in [7, 11) is 1.69. The molecule has 12 fully saturated rings. The standard InChI is InChI=1S/C37H53P3/c1-2-4-33(32(3-1)20-38-35-34-12-30-11-31(13-34)22-39(35)21-30)23-40(36-14-24-5-25(15-36)7-26(6-24)16-36)37-17-27-8-28(18-37)10-29(9-27)19-37/h1-4,24-31,34-35,38H,5-23H2. The molecule has 3 heteroatoms. The summed E-state index contributed by atoms with van der Waals surface area (Å²) in [6.45, 7) is 0. The fraction of sp³-hybridized carbons (Fsp3) is 0.838. The predicted molar refractivity (Wildman–Crippen MR) is 176 cm³/mol. The molecular weight excluding hydrogens is 537 g/mol. The Morgan fingerprint density at radius 3 is 1.52 bits per heavy atom. The number of rotatable bonds is 7. The average molecular weight is 591 g/mol. The van der Waals surface area contributed by atoms with Crippen LogP contribution in [0.25, 0.3) is 0 Å². The molecule has 12 aliphatic rings. The van der Waals surface area contributed by atoms with Crippen molar-refractivity contribution in [1.29, 1.82) is 0 Å². The largest absolute Gasteiger partial charge is 0.110 e. The Labute approximate surface area is 249 Å². The van der Waals surface area contributed by atoms with Gasteiger partial charge in [-0.05, 0) is 201 Å². The van der Waals surface area contributed by atoms with E-state index in [-0.39, 0.29) is 7.92 Å². The van der Waals surface area contributed by atoms with Crippen molar-refractivity contribution < 1.29 is 0 Å². The Balaban J connectivity index is 0.969. The molecule has 40 heavy (non-hydrogen) atoms. The summed E-state index contributed by atoms with van der Waals surface area (Å²) in [5.74, 6) is 10.1. The molecule has 4 unspecified atom stereocenters. The van der Waals surface area contributed by atoms with Crippen molar-refractivity contribution in [1.82, 2.24) is 0 Å². The maximum atomic E-state index is 2.67. The third kappa shape index (κ3) is 4.13. The number of hydrogen-bond acceptors (Lipinski definition) is 0. The second-order valence-electron chi connectivity index (χ2n) is 17.6. The zero-order valence-electron chi connectivity index (χ0n) is 24.9. The smallest absolute Gasteiger partial charge is 0.000187 e. The second kappa shape index (κ2) is 9.51. The second-order valence-corrected chi connectivity index (χ2v) is 25.0. The minimum absolute atomic E-state index is 0.0708.